The van der Waals surface area contributed by atoms with E-state index in [4.69, 9.17) is 5.26 Å². The molecule has 5 heteroatoms. The van der Waals surface area contributed by atoms with Gasteiger partial charge in [-0.3, -0.25) is 0 Å². The first-order chi connectivity index (χ1) is 9.91. The summed E-state index contributed by atoms with van der Waals surface area (Å²) in [6, 6.07) is 12.8. The predicted molar refractivity (Wildman–Crippen MR) is 74.7 cm³/mol. The molecule has 0 aliphatic rings. The molecular formula is C16H13F3N2. The zero-order valence-corrected chi connectivity index (χ0v) is 11.3. The highest BCUT2D eigenvalue weighted by Crippen LogP contribution is 2.33. The third-order valence-corrected chi connectivity index (χ3v) is 3.19. The maximum absolute atomic E-state index is 12.9. The van der Waals surface area contributed by atoms with Crippen LogP contribution in [-0.4, -0.2) is 0 Å². The monoisotopic (exact) mass is 290 g/mol. The highest BCUT2D eigenvalue weighted by Gasteiger charge is 2.33. The number of hydrogen-bond donors (Lipinski definition) is 1. The highest BCUT2D eigenvalue weighted by atomic mass is 19.4. The minimum Gasteiger partial charge on any atom is -0.381 e. The fourth-order valence-electron chi connectivity index (χ4n) is 1.99. The average molecular weight is 290 g/mol. The number of halogens is 3. The summed E-state index contributed by atoms with van der Waals surface area (Å²) in [6.07, 6.45) is -4.54. The average Bonchev–Trinajstić information content (AvgIpc) is 2.45. The van der Waals surface area contributed by atoms with Gasteiger partial charge in [0.25, 0.3) is 0 Å². The molecule has 1 N–H and O–H groups in total. The first-order valence-corrected chi connectivity index (χ1v) is 6.31. The number of nitriles is 1. The second kappa shape index (κ2) is 5.88. The SMILES string of the molecule is Cc1ccccc1CNc1ccc(C#N)c(C(F)(F)F)c1. The Bertz CT molecular complexity index is 685. The molecule has 0 unspecified atom stereocenters. The molecule has 0 aliphatic carbocycles. The molecule has 2 aromatic carbocycles. The fraction of sp³-hybridized carbons (Fsp3) is 0.188. The largest absolute Gasteiger partial charge is 0.417 e. The van der Waals surface area contributed by atoms with Gasteiger partial charge in [0.2, 0.25) is 0 Å². The van der Waals surface area contributed by atoms with Crippen LogP contribution < -0.4 is 5.32 Å². The summed E-state index contributed by atoms with van der Waals surface area (Å²) in [5.41, 5.74) is 1.12. The van der Waals surface area contributed by atoms with Crippen molar-refractivity contribution >= 4 is 5.69 Å². The van der Waals surface area contributed by atoms with Crippen molar-refractivity contribution in [2.24, 2.45) is 0 Å². The topological polar surface area (TPSA) is 35.8 Å². The molecule has 0 saturated heterocycles. The van der Waals surface area contributed by atoms with Gasteiger partial charge in [-0.25, -0.2) is 0 Å². The smallest absolute Gasteiger partial charge is 0.381 e. The normalized spacial score (nSPS) is 11.0. The lowest BCUT2D eigenvalue weighted by atomic mass is 10.1. The maximum Gasteiger partial charge on any atom is 0.417 e. The standard InChI is InChI=1S/C16H13F3N2/c1-11-4-2-3-5-13(11)10-21-14-7-6-12(9-20)15(8-14)16(17,18)19/h2-8,21H,10H2,1H3. The van der Waals surface area contributed by atoms with Crippen LogP contribution in [0.3, 0.4) is 0 Å². The predicted octanol–water partition coefficient (Wildman–Crippen LogP) is 4.50. The van der Waals surface area contributed by atoms with Crippen molar-refractivity contribution in [2.75, 3.05) is 5.32 Å². The zero-order valence-electron chi connectivity index (χ0n) is 11.3. The summed E-state index contributed by atoms with van der Waals surface area (Å²) in [7, 11) is 0. The summed E-state index contributed by atoms with van der Waals surface area (Å²) in [5, 5.41) is 11.7. The van der Waals surface area contributed by atoms with Crippen molar-refractivity contribution in [1.29, 1.82) is 5.26 Å². The van der Waals surface area contributed by atoms with Crippen molar-refractivity contribution in [3.63, 3.8) is 0 Å². The molecule has 0 bridgehead atoms. The van der Waals surface area contributed by atoms with E-state index in [2.05, 4.69) is 5.32 Å². The number of rotatable bonds is 3. The van der Waals surface area contributed by atoms with Gasteiger partial charge >= 0.3 is 6.18 Å². The van der Waals surface area contributed by atoms with Gasteiger partial charge in [-0.1, -0.05) is 24.3 Å². The van der Waals surface area contributed by atoms with Gasteiger partial charge in [0.1, 0.15) is 0 Å². The zero-order chi connectivity index (χ0) is 15.5. The summed E-state index contributed by atoms with van der Waals surface area (Å²) in [4.78, 5) is 0. The summed E-state index contributed by atoms with van der Waals surface area (Å²) in [6.45, 7) is 2.37. The first kappa shape index (κ1) is 14.9. The summed E-state index contributed by atoms with van der Waals surface area (Å²) in [5.74, 6) is 0. The van der Waals surface area contributed by atoms with E-state index in [0.717, 1.165) is 17.2 Å². The quantitative estimate of drug-likeness (QED) is 0.903. The molecule has 0 aliphatic heterocycles. The minimum atomic E-state index is -4.54. The minimum absolute atomic E-state index is 0.338. The first-order valence-electron chi connectivity index (χ1n) is 6.31. The van der Waals surface area contributed by atoms with Gasteiger partial charge in [-0.05, 0) is 36.2 Å². The van der Waals surface area contributed by atoms with Gasteiger partial charge in [0.05, 0.1) is 17.2 Å². The Hall–Kier alpha value is -2.48. The van der Waals surface area contributed by atoms with Gasteiger partial charge in [0, 0.05) is 12.2 Å². The molecule has 0 saturated carbocycles. The molecule has 0 spiro atoms. The van der Waals surface area contributed by atoms with E-state index in [0.29, 0.717) is 12.2 Å². The van der Waals surface area contributed by atoms with Crippen molar-refractivity contribution in [3.8, 4) is 6.07 Å². The summed E-state index contributed by atoms with van der Waals surface area (Å²) >= 11 is 0. The molecule has 0 fully saturated rings. The molecule has 2 rings (SSSR count). The Kier molecular flexibility index (Phi) is 4.18. The summed E-state index contributed by atoms with van der Waals surface area (Å²) < 4.78 is 38.6. The molecule has 0 heterocycles. The molecule has 0 aromatic heterocycles. The van der Waals surface area contributed by atoms with Crippen LogP contribution in [0, 0.1) is 18.3 Å². The van der Waals surface area contributed by atoms with Crippen LogP contribution >= 0.6 is 0 Å². The number of anilines is 1. The van der Waals surface area contributed by atoms with Crippen molar-refractivity contribution in [1.82, 2.24) is 0 Å². The van der Waals surface area contributed by atoms with E-state index in [1.807, 2.05) is 31.2 Å². The molecule has 0 atom stereocenters. The number of nitrogens with one attached hydrogen (secondary N) is 1. The third kappa shape index (κ3) is 3.54. The molecule has 21 heavy (non-hydrogen) atoms. The highest BCUT2D eigenvalue weighted by molar-refractivity contribution is 5.53. The Morgan fingerprint density at radius 1 is 1.14 bits per heavy atom. The second-order valence-electron chi connectivity index (χ2n) is 4.65. The Morgan fingerprint density at radius 3 is 2.48 bits per heavy atom. The third-order valence-electron chi connectivity index (χ3n) is 3.19. The van der Waals surface area contributed by atoms with Crippen LogP contribution in [0.2, 0.25) is 0 Å². The van der Waals surface area contributed by atoms with Crippen LogP contribution in [0.5, 0.6) is 0 Å². The second-order valence-corrected chi connectivity index (χ2v) is 4.65. The van der Waals surface area contributed by atoms with E-state index in [9.17, 15) is 13.2 Å². The van der Waals surface area contributed by atoms with E-state index >= 15 is 0 Å². The Morgan fingerprint density at radius 2 is 1.86 bits per heavy atom. The number of hydrogen-bond acceptors (Lipinski definition) is 2. The number of nitrogens with zero attached hydrogens (tertiary/aromatic N) is 1. The molecule has 0 radical (unpaired) electrons. The van der Waals surface area contributed by atoms with Gasteiger partial charge in [0.15, 0.2) is 0 Å². The lowest BCUT2D eigenvalue weighted by Gasteiger charge is -2.13. The Balaban J connectivity index is 2.23. The van der Waals surface area contributed by atoms with Crippen LogP contribution in [0.4, 0.5) is 18.9 Å². The lowest BCUT2D eigenvalue weighted by Crippen LogP contribution is -2.09. The van der Waals surface area contributed by atoms with E-state index in [1.54, 1.807) is 6.07 Å². The molecule has 2 aromatic rings. The molecular weight excluding hydrogens is 277 g/mol. The van der Waals surface area contributed by atoms with Crippen LogP contribution in [-0.2, 0) is 12.7 Å². The lowest BCUT2D eigenvalue weighted by molar-refractivity contribution is -0.137. The van der Waals surface area contributed by atoms with Crippen LogP contribution in [0.25, 0.3) is 0 Å². The van der Waals surface area contributed by atoms with E-state index in [-0.39, 0.29) is 5.56 Å². The van der Waals surface area contributed by atoms with Gasteiger partial charge < -0.3 is 5.32 Å². The van der Waals surface area contributed by atoms with Crippen molar-refractivity contribution in [2.45, 2.75) is 19.6 Å². The molecule has 0 amide bonds. The van der Waals surface area contributed by atoms with Crippen molar-refractivity contribution < 1.29 is 13.2 Å². The van der Waals surface area contributed by atoms with Gasteiger partial charge in [-0.2, -0.15) is 18.4 Å². The number of benzene rings is 2. The van der Waals surface area contributed by atoms with Crippen LogP contribution in [0.1, 0.15) is 22.3 Å². The maximum atomic E-state index is 12.9. The van der Waals surface area contributed by atoms with Crippen LogP contribution in [0.15, 0.2) is 42.5 Å². The fourth-order valence-corrected chi connectivity index (χ4v) is 1.99. The molecule has 2 nitrogen and oxygen atoms in total. The molecule has 108 valence electrons. The van der Waals surface area contributed by atoms with Crippen molar-refractivity contribution in [3.05, 3.63) is 64.7 Å². The van der Waals surface area contributed by atoms with Gasteiger partial charge in [-0.15, -0.1) is 0 Å². The van der Waals surface area contributed by atoms with E-state index in [1.165, 1.54) is 12.1 Å². The Labute approximate surface area is 120 Å². The number of alkyl halides is 3. The van der Waals surface area contributed by atoms with E-state index < -0.39 is 11.7 Å². The number of aryl methyl sites for hydroxylation is 1.